The van der Waals surface area contributed by atoms with E-state index < -0.39 is 10.5 Å². The van der Waals surface area contributed by atoms with Crippen LogP contribution in [0.5, 0.6) is 0 Å². The first-order valence-electron chi connectivity index (χ1n) is 8.49. The summed E-state index contributed by atoms with van der Waals surface area (Å²) in [6.07, 6.45) is 2.07. The summed E-state index contributed by atoms with van der Waals surface area (Å²) in [6, 6.07) is 11.6. The van der Waals surface area contributed by atoms with Crippen molar-refractivity contribution in [3.8, 4) is 0 Å². The number of nitro benzene ring substituents is 1. The molecule has 2 aromatic carbocycles. The lowest BCUT2D eigenvalue weighted by molar-refractivity contribution is -0.384. The summed E-state index contributed by atoms with van der Waals surface area (Å²) in [4.78, 5) is 41.8. The Labute approximate surface area is 153 Å². The van der Waals surface area contributed by atoms with E-state index in [4.69, 9.17) is 0 Å². The smallest absolute Gasteiger partial charge is 0.270 e. The second-order valence-electron chi connectivity index (χ2n) is 6.58. The van der Waals surface area contributed by atoms with Crippen molar-refractivity contribution in [2.24, 2.45) is 0 Å². The van der Waals surface area contributed by atoms with Crippen molar-refractivity contribution in [3.63, 3.8) is 0 Å². The van der Waals surface area contributed by atoms with Crippen LogP contribution in [0.25, 0.3) is 10.9 Å². The molecule has 1 atom stereocenters. The van der Waals surface area contributed by atoms with Crippen molar-refractivity contribution in [1.82, 2.24) is 9.55 Å². The van der Waals surface area contributed by atoms with Gasteiger partial charge >= 0.3 is 0 Å². The van der Waals surface area contributed by atoms with Crippen LogP contribution in [0.15, 0.2) is 53.6 Å². The van der Waals surface area contributed by atoms with Crippen LogP contribution >= 0.6 is 0 Å². The Bertz CT molecular complexity index is 1140. The maximum Gasteiger partial charge on any atom is 0.270 e. The maximum atomic E-state index is 12.9. The molecule has 27 heavy (non-hydrogen) atoms. The number of carbonyl (C=O) groups is 1. The third-order valence-corrected chi connectivity index (χ3v) is 4.80. The first kappa shape index (κ1) is 16.9. The van der Waals surface area contributed by atoms with E-state index >= 15 is 0 Å². The number of hydrogen-bond donors (Lipinski definition) is 0. The summed E-state index contributed by atoms with van der Waals surface area (Å²) < 4.78 is 1.20. The fourth-order valence-corrected chi connectivity index (χ4v) is 3.54. The molecule has 0 fully saturated rings. The quantitative estimate of drug-likeness (QED) is 0.524. The van der Waals surface area contributed by atoms with Crippen molar-refractivity contribution in [2.45, 2.75) is 25.9 Å². The number of fused-ring (bicyclic) bond motifs is 2. The van der Waals surface area contributed by atoms with Gasteiger partial charge in [-0.25, -0.2) is 4.98 Å². The Morgan fingerprint density at radius 1 is 1.30 bits per heavy atom. The van der Waals surface area contributed by atoms with Crippen molar-refractivity contribution in [3.05, 3.63) is 74.8 Å². The topological polar surface area (TPSA) is 98.3 Å². The van der Waals surface area contributed by atoms with Gasteiger partial charge in [-0.1, -0.05) is 18.2 Å². The molecule has 2 heterocycles. The van der Waals surface area contributed by atoms with Gasteiger partial charge in [-0.3, -0.25) is 24.3 Å². The normalized spacial score (nSPS) is 15.7. The fraction of sp³-hybridized carbons (Fsp3) is 0.211. The van der Waals surface area contributed by atoms with E-state index in [-0.39, 0.29) is 29.6 Å². The summed E-state index contributed by atoms with van der Waals surface area (Å²) in [5.74, 6) is -0.221. The van der Waals surface area contributed by atoms with Crippen LogP contribution in [-0.4, -0.2) is 26.4 Å². The van der Waals surface area contributed by atoms with E-state index in [1.807, 2.05) is 31.2 Å². The van der Waals surface area contributed by atoms with Gasteiger partial charge < -0.3 is 4.90 Å². The second-order valence-corrected chi connectivity index (χ2v) is 6.58. The number of carbonyl (C=O) groups excluding carboxylic acids is 1. The molecule has 1 unspecified atom stereocenters. The van der Waals surface area contributed by atoms with E-state index in [1.54, 1.807) is 4.90 Å². The van der Waals surface area contributed by atoms with E-state index in [9.17, 15) is 19.7 Å². The van der Waals surface area contributed by atoms with Crippen molar-refractivity contribution >= 4 is 28.2 Å². The number of nitrogens with zero attached hydrogens (tertiary/aromatic N) is 4. The van der Waals surface area contributed by atoms with Gasteiger partial charge in [-0.2, -0.15) is 0 Å². The number of nitro groups is 1. The average Bonchev–Trinajstić information content (AvgIpc) is 2.99. The number of aromatic nitrogens is 2. The van der Waals surface area contributed by atoms with Crippen molar-refractivity contribution in [2.75, 3.05) is 4.90 Å². The van der Waals surface area contributed by atoms with Crippen molar-refractivity contribution < 1.29 is 9.72 Å². The highest BCUT2D eigenvalue weighted by atomic mass is 16.6. The Balaban J connectivity index is 1.69. The van der Waals surface area contributed by atoms with Crippen LogP contribution < -0.4 is 10.5 Å². The third kappa shape index (κ3) is 2.84. The van der Waals surface area contributed by atoms with Gasteiger partial charge in [0.2, 0.25) is 5.91 Å². The van der Waals surface area contributed by atoms with Gasteiger partial charge in [0.15, 0.2) is 0 Å². The molecule has 8 heteroatoms. The molecule has 8 nitrogen and oxygen atoms in total. The number of rotatable bonds is 3. The molecule has 0 bridgehead atoms. The minimum absolute atomic E-state index is 0.0000973. The minimum atomic E-state index is -0.565. The van der Waals surface area contributed by atoms with Gasteiger partial charge in [0.1, 0.15) is 6.54 Å². The minimum Gasteiger partial charge on any atom is -0.307 e. The molecule has 0 aliphatic carbocycles. The zero-order valence-electron chi connectivity index (χ0n) is 14.5. The summed E-state index contributed by atoms with van der Waals surface area (Å²) >= 11 is 0. The van der Waals surface area contributed by atoms with Gasteiger partial charge in [0.05, 0.1) is 22.2 Å². The number of amides is 1. The third-order valence-electron chi connectivity index (χ3n) is 4.80. The molecule has 4 rings (SSSR count). The van der Waals surface area contributed by atoms with E-state index in [0.29, 0.717) is 5.52 Å². The molecular formula is C19H16N4O4. The maximum absolute atomic E-state index is 12.9. The van der Waals surface area contributed by atoms with Crippen LogP contribution in [0.3, 0.4) is 0 Å². The van der Waals surface area contributed by atoms with Crippen LogP contribution in [-0.2, 0) is 17.8 Å². The molecular weight excluding hydrogens is 348 g/mol. The monoisotopic (exact) mass is 364 g/mol. The molecule has 0 spiro atoms. The molecule has 0 saturated heterocycles. The zero-order valence-corrected chi connectivity index (χ0v) is 14.5. The van der Waals surface area contributed by atoms with Crippen LogP contribution in [0.1, 0.15) is 12.5 Å². The molecule has 1 amide bonds. The predicted octanol–water partition coefficient (Wildman–Crippen LogP) is 2.28. The SMILES string of the molecule is CC1Cc2ccccc2N1C(=O)Cn1cnc2ccc([N+](=O)[O-])cc2c1=O. The first-order valence-corrected chi connectivity index (χ1v) is 8.49. The standard InChI is InChI=1S/C19H16N4O4/c1-12-8-13-4-2-3-5-17(13)22(12)18(24)10-21-11-20-16-7-6-14(23(26)27)9-15(16)19(21)25/h2-7,9,11-12H,8,10H2,1H3. The summed E-state index contributed by atoms with van der Waals surface area (Å²) in [5.41, 5.74) is 1.64. The first-order chi connectivity index (χ1) is 13.0. The van der Waals surface area contributed by atoms with Crippen LogP contribution in [0, 0.1) is 10.1 Å². The molecule has 0 N–H and O–H groups in total. The van der Waals surface area contributed by atoms with E-state index in [1.165, 1.54) is 29.1 Å². The molecule has 3 aromatic rings. The van der Waals surface area contributed by atoms with Crippen molar-refractivity contribution in [1.29, 1.82) is 0 Å². The van der Waals surface area contributed by atoms with Crippen LogP contribution in [0.2, 0.25) is 0 Å². The number of hydrogen-bond acceptors (Lipinski definition) is 5. The van der Waals surface area contributed by atoms with E-state index in [0.717, 1.165) is 17.7 Å². The molecule has 136 valence electrons. The molecule has 1 aromatic heterocycles. The highest BCUT2D eigenvalue weighted by molar-refractivity contribution is 5.96. The highest BCUT2D eigenvalue weighted by Crippen LogP contribution is 2.31. The average molecular weight is 364 g/mol. The Morgan fingerprint density at radius 3 is 2.85 bits per heavy atom. The highest BCUT2D eigenvalue weighted by Gasteiger charge is 2.30. The largest absolute Gasteiger partial charge is 0.307 e. The Morgan fingerprint density at radius 2 is 2.07 bits per heavy atom. The molecule has 0 saturated carbocycles. The molecule has 1 aliphatic heterocycles. The second kappa shape index (κ2) is 6.31. The Hall–Kier alpha value is -3.55. The number of anilines is 1. The lowest BCUT2D eigenvalue weighted by Crippen LogP contribution is -2.40. The van der Waals surface area contributed by atoms with Gasteiger partial charge in [-0.15, -0.1) is 0 Å². The number of para-hydroxylation sites is 1. The lowest BCUT2D eigenvalue weighted by Gasteiger charge is -2.23. The molecule has 1 aliphatic rings. The molecule has 0 radical (unpaired) electrons. The van der Waals surface area contributed by atoms with E-state index in [2.05, 4.69) is 4.98 Å². The van der Waals surface area contributed by atoms with Gasteiger partial charge in [0, 0.05) is 23.9 Å². The summed E-state index contributed by atoms with van der Waals surface area (Å²) in [5, 5.41) is 11.1. The lowest BCUT2D eigenvalue weighted by atomic mass is 10.1. The van der Waals surface area contributed by atoms with Crippen LogP contribution in [0.4, 0.5) is 11.4 Å². The summed E-state index contributed by atoms with van der Waals surface area (Å²) in [7, 11) is 0. The number of non-ortho nitro benzene ring substituents is 1. The van der Waals surface area contributed by atoms with Gasteiger partial charge in [-0.05, 0) is 31.0 Å². The number of benzene rings is 2. The van der Waals surface area contributed by atoms with Gasteiger partial charge in [0.25, 0.3) is 11.2 Å². The summed E-state index contributed by atoms with van der Waals surface area (Å²) in [6.45, 7) is 1.78. The predicted molar refractivity (Wildman–Crippen MR) is 99.8 cm³/mol. The zero-order chi connectivity index (χ0) is 19.1. The Kier molecular flexibility index (Phi) is 3.95. The fourth-order valence-electron chi connectivity index (χ4n) is 3.54.